The summed E-state index contributed by atoms with van der Waals surface area (Å²) in [5.74, 6) is 0. The van der Waals surface area contributed by atoms with Crippen LogP contribution in [0.25, 0.3) is 0 Å². The Balaban J connectivity index is 2.89. The van der Waals surface area contributed by atoms with E-state index >= 15 is 0 Å². The van der Waals surface area contributed by atoms with E-state index in [4.69, 9.17) is 11.5 Å². The van der Waals surface area contributed by atoms with Gasteiger partial charge < -0.3 is 11.5 Å². The van der Waals surface area contributed by atoms with Crippen molar-refractivity contribution in [1.29, 1.82) is 0 Å². The molecule has 14 heavy (non-hydrogen) atoms. The van der Waals surface area contributed by atoms with Crippen molar-refractivity contribution in [2.75, 3.05) is 6.54 Å². The first kappa shape index (κ1) is 11.2. The van der Waals surface area contributed by atoms with Crippen molar-refractivity contribution >= 4 is 0 Å². The third-order valence-electron chi connectivity index (χ3n) is 2.46. The number of hydrogen-bond donors (Lipinski definition) is 2. The Morgan fingerprint density at radius 1 is 1.14 bits per heavy atom. The highest BCUT2D eigenvalue weighted by molar-refractivity contribution is 5.29. The molecule has 0 amide bonds. The smallest absolute Gasteiger partial charge is 0.0419 e. The number of rotatable bonds is 2. The molecule has 0 aliphatic heterocycles. The first-order valence-corrected chi connectivity index (χ1v) is 5.01. The van der Waals surface area contributed by atoms with Crippen molar-refractivity contribution in [3.8, 4) is 0 Å². The van der Waals surface area contributed by atoms with Crippen LogP contribution in [0.5, 0.6) is 0 Å². The van der Waals surface area contributed by atoms with E-state index in [0.29, 0.717) is 6.54 Å². The molecule has 0 aliphatic carbocycles. The largest absolute Gasteiger partial charge is 0.329 e. The molecule has 0 saturated heterocycles. The van der Waals surface area contributed by atoms with Gasteiger partial charge in [-0.25, -0.2) is 0 Å². The summed E-state index contributed by atoms with van der Waals surface area (Å²) >= 11 is 0. The van der Waals surface area contributed by atoms with Gasteiger partial charge in [0, 0.05) is 12.6 Å². The van der Waals surface area contributed by atoms with Crippen LogP contribution in [0.2, 0.25) is 0 Å². The van der Waals surface area contributed by atoms with Crippen LogP contribution < -0.4 is 11.5 Å². The molecule has 0 heterocycles. The Labute approximate surface area is 86.3 Å². The predicted molar refractivity (Wildman–Crippen MR) is 61.1 cm³/mol. The Hall–Kier alpha value is -0.860. The average molecular weight is 192 g/mol. The van der Waals surface area contributed by atoms with Gasteiger partial charge in [0.2, 0.25) is 0 Å². The normalized spacial score (nSPS) is 14.1. The summed E-state index contributed by atoms with van der Waals surface area (Å²) in [6, 6.07) is 8.36. The Morgan fingerprint density at radius 2 is 1.64 bits per heavy atom. The Morgan fingerprint density at radius 3 is 2.00 bits per heavy atom. The zero-order valence-corrected chi connectivity index (χ0v) is 9.25. The Bertz CT molecular complexity index is 282. The molecule has 2 heteroatoms. The molecule has 0 fully saturated rings. The molecule has 0 radical (unpaired) electrons. The Kier molecular flexibility index (Phi) is 3.29. The van der Waals surface area contributed by atoms with E-state index in [1.165, 1.54) is 5.56 Å². The molecule has 4 N–H and O–H groups in total. The molecule has 0 aliphatic rings. The summed E-state index contributed by atoms with van der Waals surface area (Å²) in [6.07, 6.45) is 0. The summed E-state index contributed by atoms with van der Waals surface area (Å²) in [7, 11) is 0. The molecular formula is C12H20N2. The summed E-state index contributed by atoms with van der Waals surface area (Å²) < 4.78 is 0. The number of nitrogens with two attached hydrogens (primary N) is 2. The van der Waals surface area contributed by atoms with Gasteiger partial charge in [0.15, 0.2) is 0 Å². The highest BCUT2D eigenvalue weighted by atomic mass is 14.7. The number of hydrogen-bond acceptors (Lipinski definition) is 2. The molecule has 1 atom stereocenters. The van der Waals surface area contributed by atoms with E-state index in [2.05, 4.69) is 45.0 Å². The van der Waals surface area contributed by atoms with E-state index in [1.807, 2.05) is 0 Å². The lowest BCUT2D eigenvalue weighted by molar-refractivity contribution is 0.589. The van der Waals surface area contributed by atoms with Crippen molar-refractivity contribution in [3.63, 3.8) is 0 Å². The van der Waals surface area contributed by atoms with Crippen molar-refractivity contribution in [2.24, 2.45) is 11.5 Å². The van der Waals surface area contributed by atoms with Crippen LogP contribution in [0.1, 0.15) is 37.9 Å². The molecule has 0 unspecified atom stereocenters. The molecule has 0 bridgehead atoms. The third-order valence-corrected chi connectivity index (χ3v) is 2.46. The molecule has 1 rings (SSSR count). The highest BCUT2D eigenvalue weighted by Crippen LogP contribution is 2.23. The van der Waals surface area contributed by atoms with Gasteiger partial charge in [-0.2, -0.15) is 0 Å². The van der Waals surface area contributed by atoms with Crippen LogP contribution in [-0.2, 0) is 5.41 Å². The summed E-state index contributed by atoms with van der Waals surface area (Å²) in [4.78, 5) is 0. The maximum absolute atomic E-state index is 5.83. The lowest BCUT2D eigenvalue weighted by atomic mass is 9.86. The first-order valence-electron chi connectivity index (χ1n) is 5.01. The van der Waals surface area contributed by atoms with Crippen LogP contribution in [0.4, 0.5) is 0 Å². The first-order chi connectivity index (χ1) is 6.45. The fourth-order valence-electron chi connectivity index (χ4n) is 1.37. The van der Waals surface area contributed by atoms with Crippen molar-refractivity contribution in [3.05, 3.63) is 35.4 Å². The van der Waals surface area contributed by atoms with Crippen LogP contribution in [0, 0.1) is 0 Å². The standard InChI is InChI=1S/C12H20N2/c1-12(2,3)10-6-4-9(5-7-10)11(14)8-13/h4-7,11H,8,13-14H2,1-3H3/t11-/m0/s1. The highest BCUT2D eigenvalue weighted by Gasteiger charge is 2.13. The minimum Gasteiger partial charge on any atom is -0.329 e. The average Bonchev–Trinajstić information content (AvgIpc) is 2.15. The van der Waals surface area contributed by atoms with E-state index in [1.54, 1.807) is 0 Å². The molecule has 0 spiro atoms. The molecular weight excluding hydrogens is 172 g/mol. The topological polar surface area (TPSA) is 52.0 Å². The van der Waals surface area contributed by atoms with E-state index in [-0.39, 0.29) is 11.5 Å². The summed E-state index contributed by atoms with van der Waals surface area (Å²) in [5.41, 5.74) is 14.0. The molecule has 0 aromatic heterocycles. The summed E-state index contributed by atoms with van der Waals surface area (Å²) in [6.45, 7) is 7.09. The SMILES string of the molecule is CC(C)(C)c1ccc([C@@H](N)CN)cc1. The summed E-state index contributed by atoms with van der Waals surface area (Å²) in [5, 5.41) is 0. The van der Waals surface area contributed by atoms with Crippen molar-refractivity contribution < 1.29 is 0 Å². The second-order valence-corrected chi connectivity index (χ2v) is 4.71. The predicted octanol–water partition coefficient (Wildman–Crippen LogP) is 1.94. The van der Waals surface area contributed by atoms with E-state index < -0.39 is 0 Å². The molecule has 2 nitrogen and oxygen atoms in total. The van der Waals surface area contributed by atoms with Crippen LogP contribution >= 0.6 is 0 Å². The minimum absolute atomic E-state index is 0.0379. The van der Waals surface area contributed by atoms with Crippen LogP contribution in [0.15, 0.2) is 24.3 Å². The van der Waals surface area contributed by atoms with E-state index in [9.17, 15) is 0 Å². The second kappa shape index (κ2) is 4.11. The van der Waals surface area contributed by atoms with Crippen molar-refractivity contribution in [1.82, 2.24) is 0 Å². The van der Waals surface area contributed by atoms with Gasteiger partial charge in [-0.3, -0.25) is 0 Å². The van der Waals surface area contributed by atoms with Crippen LogP contribution in [0.3, 0.4) is 0 Å². The van der Waals surface area contributed by atoms with Gasteiger partial charge in [-0.15, -0.1) is 0 Å². The molecule has 0 saturated carbocycles. The molecule has 1 aromatic carbocycles. The van der Waals surface area contributed by atoms with Gasteiger partial charge >= 0.3 is 0 Å². The fraction of sp³-hybridized carbons (Fsp3) is 0.500. The van der Waals surface area contributed by atoms with Gasteiger partial charge in [0.1, 0.15) is 0 Å². The quantitative estimate of drug-likeness (QED) is 0.752. The zero-order chi connectivity index (χ0) is 10.8. The van der Waals surface area contributed by atoms with Crippen LogP contribution in [-0.4, -0.2) is 6.54 Å². The monoisotopic (exact) mass is 192 g/mol. The molecule has 1 aromatic rings. The zero-order valence-electron chi connectivity index (χ0n) is 9.25. The van der Waals surface area contributed by atoms with Gasteiger partial charge in [0.25, 0.3) is 0 Å². The van der Waals surface area contributed by atoms with Gasteiger partial charge in [-0.05, 0) is 16.5 Å². The van der Waals surface area contributed by atoms with Gasteiger partial charge in [-0.1, -0.05) is 45.0 Å². The lowest BCUT2D eigenvalue weighted by Gasteiger charge is -2.20. The van der Waals surface area contributed by atoms with E-state index in [0.717, 1.165) is 5.56 Å². The number of benzene rings is 1. The third kappa shape index (κ3) is 2.56. The maximum Gasteiger partial charge on any atom is 0.0419 e. The minimum atomic E-state index is -0.0379. The van der Waals surface area contributed by atoms with Crippen molar-refractivity contribution in [2.45, 2.75) is 32.2 Å². The maximum atomic E-state index is 5.83. The fourth-order valence-corrected chi connectivity index (χ4v) is 1.37. The lowest BCUT2D eigenvalue weighted by Crippen LogP contribution is -2.21. The second-order valence-electron chi connectivity index (χ2n) is 4.71. The molecule has 78 valence electrons. The van der Waals surface area contributed by atoms with Gasteiger partial charge in [0.05, 0.1) is 0 Å².